The van der Waals surface area contributed by atoms with Crippen LogP contribution in [0, 0.1) is 27.7 Å². The first-order valence-electron chi connectivity index (χ1n) is 8.99. The molecule has 0 spiro atoms. The van der Waals surface area contributed by atoms with Crippen LogP contribution in [0.15, 0.2) is 48.5 Å². The molecule has 0 radical (unpaired) electrons. The molecule has 142 valence electrons. The Morgan fingerprint density at radius 1 is 0.607 bits per heavy atom. The van der Waals surface area contributed by atoms with Gasteiger partial charge >= 0.3 is 11.9 Å². The molecule has 0 saturated heterocycles. The number of benzene rings is 3. The van der Waals surface area contributed by atoms with Crippen LogP contribution >= 0.6 is 0 Å². The van der Waals surface area contributed by atoms with E-state index in [1.54, 1.807) is 24.3 Å². The minimum atomic E-state index is -0.934. The van der Waals surface area contributed by atoms with E-state index in [9.17, 15) is 19.8 Å². The van der Waals surface area contributed by atoms with Gasteiger partial charge < -0.3 is 10.2 Å². The van der Waals surface area contributed by atoms with E-state index >= 15 is 0 Å². The summed E-state index contributed by atoms with van der Waals surface area (Å²) in [4.78, 5) is 22.6. The molecule has 0 aliphatic rings. The number of aromatic carboxylic acids is 2. The topological polar surface area (TPSA) is 74.6 Å². The quantitative estimate of drug-likeness (QED) is 0.619. The number of rotatable bonds is 4. The fraction of sp³-hybridized carbons (Fsp3) is 0.167. The normalized spacial score (nSPS) is 10.7. The molecule has 3 rings (SSSR count). The van der Waals surface area contributed by atoms with Crippen molar-refractivity contribution >= 4 is 11.9 Å². The molecule has 0 amide bonds. The van der Waals surface area contributed by atoms with E-state index in [0.717, 1.165) is 44.5 Å². The van der Waals surface area contributed by atoms with Crippen LogP contribution in [-0.4, -0.2) is 22.2 Å². The van der Waals surface area contributed by atoms with E-state index in [1.807, 2.05) is 45.9 Å². The second-order valence-electron chi connectivity index (χ2n) is 7.16. The van der Waals surface area contributed by atoms with Crippen LogP contribution in [-0.2, 0) is 0 Å². The first kappa shape index (κ1) is 19.4. The SMILES string of the molecule is Cc1cc(C(=O)O)cc(C)c1-c1cccc(-c2c(C)cc(C(=O)O)cc2C)c1. The van der Waals surface area contributed by atoms with Gasteiger partial charge in [-0.25, -0.2) is 9.59 Å². The highest BCUT2D eigenvalue weighted by atomic mass is 16.4. The highest BCUT2D eigenvalue weighted by Crippen LogP contribution is 2.34. The van der Waals surface area contributed by atoms with Gasteiger partial charge in [0, 0.05) is 0 Å². The minimum absolute atomic E-state index is 0.283. The third-order valence-electron chi connectivity index (χ3n) is 5.00. The number of aryl methyl sites for hydroxylation is 4. The van der Waals surface area contributed by atoms with E-state index in [0.29, 0.717) is 0 Å². The maximum absolute atomic E-state index is 11.3. The van der Waals surface area contributed by atoms with Gasteiger partial charge in [-0.2, -0.15) is 0 Å². The minimum Gasteiger partial charge on any atom is -0.478 e. The summed E-state index contributed by atoms with van der Waals surface area (Å²) < 4.78 is 0. The Labute approximate surface area is 164 Å². The lowest BCUT2D eigenvalue weighted by Crippen LogP contribution is -2.00. The van der Waals surface area contributed by atoms with E-state index in [4.69, 9.17) is 0 Å². The molecular weight excluding hydrogens is 352 g/mol. The van der Waals surface area contributed by atoms with Gasteiger partial charge in [-0.1, -0.05) is 18.2 Å². The Kier molecular flexibility index (Phi) is 5.06. The van der Waals surface area contributed by atoms with Crippen molar-refractivity contribution in [1.82, 2.24) is 0 Å². The third kappa shape index (κ3) is 3.54. The summed E-state index contributed by atoms with van der Waals surface area (Å²) in [6, 6.07) is 14.8. The lowest BCUT2D eigenvalue weighted by molar-refractivity contribution is 0.0686. The predicted octanol–water partition coefficient (Wildman–Crippen LogP) is 5.65. The summed E-state index contributed by atoms with van der Waals surface area (Å²) in [6.45, 7) is 7.67. The standard InChI is InChI=1S/C24H22O4/c1-13-8-19(23(25)26)9-14(2)21(13)17-6-5-7-18(12-17)22-15(3)10-20(24(27)28)11-16(22)4/h5-12H,1-4H3,(H,25,26)(H,27,28). The molecule has 0 aliphatic carbocycles. The van der Waals surface area contributed by atoms with Crippen LogP contribution in [0.25, 0.3) is 22.3 Å². The van der Waals surface area contributed by atoms with E-state index in [1.165, 1.54) is 0 Å². The van der Waals surface area contributed by atoms with Crippen LogP contribution in [0.1, 0.15) is 43.0 Å². The molecule has 0 saturated carbocycles. The fourth-order valence-electron chi connectivity index (χ4n) is 3.91. The van der Waals surface area contributed by atoms with Crippen LogP contribution < -0.4 is 0 Å². The highest BCUT2D eigenvalue weighted by molar-refractivity contribution is 5.91. The van der Waals surface area contributed by atoms with Crippen molar-refractivity contribution in [3.05, 3.63) is 81.9 Å². The van der Waals surface area contributed by atoms with Crippen molar-refractivity contribution in [2.24, 2.45) is 0 Å². The highest BCUT2D eigenvalue weighted by Gasteiger charge is 2.14. The summed E-state index contributed by atoms with van der Waals surface area (Å²) >= 11 is 0. The predicted molar refractivity (Wildman–Crippen MR) is 110 cm³/mol. The van der Waals surface area contributed by atoms with Crippen molar-refractivity contribution < 1.29 is 19.8 Å². The summed E-state index contributed by atoms with van der Waals surface area (Å²) in [6.07, 6.45) is 0. The average Bonchev–Trinajstić information content (AvgIpc) is 2.60. The first-order chi connectivity index (χ1) is 13.2. The van der Waals surface area contributed by atoms with Gasteiger partial charge in [0.1, 0.15) is 0 Å². The van der Waals surface area contributed by atoms with Gasteiger partial charge in [0.05, 0.1) is 11.1 Å². The molecule has 0 aliphatic heterocycles. The second-order valence-corrected chi connectivity index (χ2v) is 7.16. The molecule has 0 aromatic heterocycles. The Hall–Kier alpha value is -3.40. The zero-order valence-corrected chi connectivity index (χ0v) is 16.3. The number of hydrogen-bond acceptors (Lipinski definition) is 2. The van der Waals surface area contributed by atoms with Crippen LogP contribution in [0.5, 0.6) is 0 Å². The summed E-state index contributed by atoms with van der Waals surface area (Å²) in [7, 11) is 0. The van der Waals surface area contributed by atoms with Gasteiger partial charge in [-0.15, -0.1) is 0 Å². The Bertz CT molecular complexity index is 979. The van der Waals surface area contributed by atoms with E-state index in [-0.39, 0.29) is 11.1 Å². The van der Waals surface area contributed by atoms with Gasteiger partial charge in [-0.3, -0.25) is 0 Å². The number of carboxylic acids is 2. The van der Waals surface area contributed by atoms with Crippen LogP contribution in [0.3, 0.4) is 0 Å². The van der Waals surface area contributed by atoms with Gasteiger partial charge in [0.2, 0.25) is 0 Å². The lowest BCUT2D eigenvalue weighted by atomic mass is 9.89. The largest absolute Gasteiger partial charge is 0.478 e. The van der Waals surface area contributed by atoms with Gasteiger partial charge in [0.25, 0.3) is 0 Å². The summed E-state index contributed by atoms with van der Waals surface area (Å²) in [5.74, 6) is -1.87. The molecule has 0 atom stereocenters. The Morgan fingerprint density at radius 3 is 1.21 bits per heavy atom. The number of hydrogen-bond donors (Lipinski definition) is 2. The third-order valence-corrected chi connectivity index (χ3v) is 5.00. The molecular formula is C24H22O4. The van der Waals surface area contributed by atoms with Gasteiger partial charge in [0.15, 0.2) is 0 Å². The monoisotopic (exact) mass is 374 g/mol. The molecule has 2 N–H and O–H groups in total. The molecule has 3 aromatic carbocycles. The summed E-state index contributed by atoms with van der Waals surface area (Å²) in [5, 5.41) is 18.5. The van der Waals surface area contributed by atoms with Crippen molar-refractivity contribution in [3.8, 4) is 22.3 Å². The zero-order valence-electron chi connectivity index (χ0n) is 16.3. The molecule has 3 aromatic rings. The van der Waals surface area contributed by atoms with Crippen molar-refractivity contribution in [2.45, 2.75) is 27.7 Å². The van der Waals surface area contributed by atoms with Crippen molar-refractivity contribution in [3.63, 3.8) is 0 Å². The van der Waals surface area contributed by atoms with Crippen molar-refractivity contribution in [1.29, 1.82) is 0 Å². The number of carbonyl (C=O) groups is 2. The lowest BCUT2D eigenvalue weighted by Gasteiger charge is -2.15. The maximum Gasteiger partial charge on any atom is 0.335 e. The van der Waals surface area contributed by atoms with E-state index < -0.39 is 11.9 Å². The average molecular weight is 374 g/mol. The van der Waals surface area contributed by atoms with Crippen LogP contribution in [0.2, 0.25) is 0 Å². The molecule has 0 heterocycles. The summed E-state index contributed by atoms with van der Waals surface area (Å²) in [5.41, 5.74) is 8.24. The smallest absolute Gasteiger partial charge is 0.335 e. The zero-order chi connectivity index (χ0) is 20.6. The van der Waals surface area contributed by atoms with Crippen LogP contribution in [0.4, 0.5) is 0 Å². The molecule has 0 fully saturated rings. The van der Waals surface area contributed by atoms with E-state index in [2.05, 4.69) is 6.07 Å². The molecule has 0 bridgehead atoms. The van der Waals surface area contributed by atoms with Crippen molar-refractivity contribution in [2.75, 3.05) is 0 Å². The molecule has 4 nitrogen and oxygen atoms in total. The number of carboxylic acid groups (broad SMARTS) is 2. The molecule has 28 heavy (non-hydrogen) atoms. The Balaban J connectivity index is 2.15. The second kappa shape index (κ2) is 7.31. The van der Waals surface area contributed by atoms with Gasteiger partial charge in [-0.05, 0) is 103 Å². The molecule has 0 unspecified atom stereocenters. The fourth-order valence-corrected chi connectivity index (χ4v) is 3.91. The Morgan fingerprint density at radius 2 is 0.929 bits per heavy atom. The maximum atomic E-state index is 11.3. The first-order valence-corrected chi connectivity index (χ1v) is 8.99. The molecule has 4 heteroatoms.